The van der Waals surface area contributed by atoms with Gasteiger partial charge in [0.1, 0.15) is 12.1 Å². The normalized spacial score (nSPS) is 11.1. The van der Waals surface area contributed by atoms with Crippen molar-refractivity contribution in [3.63, 3.8) is 0 Å². The van der Waals surface area contributed by atoms with Gasteiger partial charge in [-0.3, -0.25) is 4.79 Å². The van der Waals surface area contributed by atoms with E-state index < -0.39 is 0 Å². The fraction of sp³-hybridized carbons (Fsp3) is 0.211. The molecule has 10 heteroatoms. The Morgan fingerprint density at radius 2 is 2.07 bits per heavy atom. The number of carbonyl (C=O) groups is 1. The highest BCUT2D eigenvalue weighted by atomic mass is 35.5. The topological polar surface area (TPSA) is 90.5 Å². The molecule has 1 N–H and O–H groups in total. The number of rotatable bonds is 6. The summed E-state index contributed by atoms with van der Waals surface area (Å²) in [5.41, 5.74) is 2.12. The van der Waals surface area contributed by atoms with Gasteiger partial charge in [0, 0.05) is 23.4 Å². The monoisotopic (exact) mass is 429 g/mol. The highest BCUT2D eigenvalue weighted by Gasteiger charge is 2.17. The fourth-order valence-corrected chi connectivity index (χ4v) is 3.30. The molecule has 0 fully saturated rings. The first-order chi connectivity index (χ1) is 14.1. The van der Waals surface area contributed by atoms with E-state index in [0.717, 1.165) is 11.4 Å². The number of amides is 1. The molecule has 0 aliphatic heterocycles. The van der Waals surface area contributed by atoms with E-state index in [1.165, 1.54) is 6.33 Å². The number of fused-ring (bicyclic) bond motifs is 1. The van der Waals surface area contributed by atoms with E-state index in [-0.39, 0.29) is 5.91 Å². The summed E-state index contributed by atoms with van der Waals surface area (Å²) in [7, 11) is 0. The number of nitrogens with one attached hydrogen (secondary N) is 1. The Morgan fingerprint density at radius 3 is 2.86 bits per heavy atom. The van der Waals surface area contributed by atoms with Crippen LogP contribution in [0.4, 0.5) is 5.82 Å². The molecule has 3 aromatic heterocycles. The van der Waals surface area contributed by atoms with Crippen molar-refractivity contribution in [1.29, 1.82) is 0 Å². The highest BCUT2D eigenvalue weighted by Crippen LogP contribution is 2.25. The standard InChI is InChI=1S/C19H17Cl2N7O/c1-12-8-16(25-17(29)6-3-7-20)28(26-12)19-15-10-24-27(18(15)22-11-23-19)14-5-2-4-13(21)9-14/h2,4-5,8-11H,3,6-7H2,1H3,(H,25,29). The Labute approximate surface area is 176 Å². The molecule has 4 aromatic rings. The Balaban J connectivity index is 1.77. The molecule has 3 heterocycles. The predicted molar refractivity (Wildman–Crippen MR) is 112 cm³/mol. The van der Waals surface area contributed by atoms with E-state index in [2.05, 4.69) is 25.5 Å². The van der Waals surface area contributed by atoms with Gasteiger partial charge >= 0.3 is 0 Å². The van der Waals surface area contributed by atoms with Gasteiger partial charge in [0.05, 0.1) is 23.0 Å². The minimum atomic E-state index is -0.133. The molecule has 0 saturated heterocycles. The van der Waals surface area contributed by atoms with Gasteiger partial charge in [0.15, 0.2) is 11.5 Å². The zero-order valence-corrected chi connectivity index (χ0v) is 17.0. The molecular weight excluding hydrogens is 413 g/mol. The van der Waals surface area contributed by atoms with Gasteiger partial charge in [0.25, 0.3) is 0 Å². The number of carbonyl (C=O) groups excluding carboxylic acids is 1. The molecular formula is C19H17Cl2N7O. The van der Waals surface area contributed by atoms with Crippen LogP contribution in [0.2, 0.25) is 5.02 Å². The van der Waals surface area contributed by atoms with Gasteiger partial charge in [0.2, 0.25) is 5.91 Å². The van der Waals surface area contributed by atoms with Crippen molar-refractivity contribution >= 4 is 46.0 Å². The number of anilines is 1. The summed E-state index contributed by atoms with van der Waals surface area (Å²) in [4.78, 5) is 20.9. The molecule has 0 unspecified atom stereocenters. The summed E-state index contributed by atoms with van der Waals surface area (Å²) in [5.74, 6) is 1.34. The molecule has 29 heavy (non-hydrogen) atoms. The molecule has 0 aliphatic carbocycles. The third-order valence-corrected chi connectivity index (χ3v) is 4.74. The number of aryl methyl sites for hydroxylation is 1. The number of halogens is 2. The van der Waals surface area contributed by atoms with Crippen molar-refractivity contribution in [3.8, 4) is 11.5 Å². The van der Waals surface area contributed by atoms with Crippen molar-refractivity contribution < 1.29 is 4.79 Å². The maximum Gasteiger partial charge on any atom is 0.225 e. The van der Waals surface area contributed by atoms with Crippen LogP contribution in [0.1, 0.15) is 18.5 Å². The summed E-state index contributed by atoms with van der Waals surface area (Å²) >= 11 is 11.8. The van der Waals surface area contributed by atoms with Crippen LogP contribution in [0.15, 0.2) is 42.9 Å². The largest absolute Gasteiger partial charge is 0.311 e. The maximum atomic E-state index is 12.2. The van der Waals surface area contributed by atoms with E-state index >= 15 is 0 Å². The molecule has 4 rings (SSSR count). The van der Waals surface area contributed by atoms with Crippen LogP contribution >= 0.6 is 23.2 Å². The van der Waals surface area contributed by atoms with Crippen LogP contribution in [0.25, 0.3) is 22.5 Å². The van der Waals surface area contributed by atoms with Crippen molar-refractivity contribution in [2.24, 2.45) is 0 Å². The molecule has 148 valence electrons. The molecule has 0 bridgehead atoms. The first-order valence-corrected chi connectivity index (χ1v) is 9.85. The Kier molecular flexibility index (Phi) is 5.46. The molecule has 0 atom stereocenters. The average molecular weight is 430 g/mol. The van der Waals surface area contributed by atoms with Gasteiger partial charge in [-0.25, -0.2) is 14.6 Å². The number of aromatic nitrogens is 6. The molecule has 0 spiro atoms. The van der Waals surface area contributed by atoms with Crippen LogP contribution in [0, 0.1) is 6.92 Å². The van der Waals surface area contributed by atoms with Gasteiger partial charge in [-0.15, -0.1) is 11.6 Å². The lowest BCUT2D eigenvalue weighted by atomic mass is 10.3. The first kappa shape index (κ1) is 19.4. The molecule has 0 saturated carbocycles. The number of hydrogen-bond acceptors (Lipinski definition) is 5. The van der Waals surface area contributed by atoms with Crippen LogP contribution in [0.3, 0.4) is 0 Å². The third kappa shape index (κ3) is 3.94. The zero-order chi connectivity index (χ0) is 20.4. The number of hydrogen-bond donors (Lipinski definition) is 1. The second kappa shape index (κ2) is 8.18. The molecule has 0 radical (unpaired) electrons. The van der Waals surface area contributed by atoms with Crippen LogP contribution < -0.4 is 5.32 Å². The lowest BCUT2D eigenvalue weighted by molar-refractivity contribution is -0.116. The summed E-state index contributed by atoms with van der Waals surface area (Å²) in [6.07, 6.45) is 4.04. The van der Waals surface area contributed by atoms with Crippen molar-refractivity contribution in [3.05, 3.63) is 53.6 Å². The van der Waals surface area contributed by atoms with Crippen LogP contribution in [0.5, 0.6) is 0 Å². The summed E-state index contributed by atoms with van der Waals surface area (Å²) < 4.78 is 3.27. The number of nitrogens with zero attached hydrogens (tertiary/aromatic N) is 6. The Morgan fingerprint density at radius 1 is 1.21 bits per heavy atom. The van der Waals surface area contributed by atoms with Gasteiger partial charge in [-0.05, 0) is 31.5 Å². The number of benzene rings is 1. The van der Waals surface area contributed by atoms with Gasteiger partial charge in [-0.1, -0.05) is 17.7 Å². The van der Waals surface area contributed by atoms with Crippen molar-refractivity contribution in [1.82, 2.24) is 29.5 Å². The van der Waals surface area contributed by atoms with E-state index in [9.17, 15) is 4.79 Å². The number of alkyl halides is 1. The second-order valence-electron chi connectivity index (χ2n) is 6.39. The zero-order valence-electron chi connectivity index (χ0n) is 15.5. The molecule has 8 nitrogen and oxygen atoms in total. The summed E-state index contributed by atoms with van der Waals surface area (Å²) in [6.45, 7) is 1.85. The third-order valence-electron chi connectivity index (χ3n) is 4.23. The summed E-state index contributed by atoms with van der Waals surface area (Å²) in [6, 6.07) is 9.12. The van der Waals surface area contributed by atoms with Crippen molar-refractivity contribution in [2.75, 3.05) is 11.2 Å². The van der Waals surface area contributed by atoms with Gasteiger partial charge < -0.3 is 5.32 Å². The van der Waals surface area contributed by atoms with Crippen LogP contribution in [-0.2, 0) is 4.79 Å². The van der Waals surface area contributed by atoms with Gasteiger partial charge in [-0.2, -0.15) is 14.9 Å². The first-order valence-electron chi connectivity index (χ1n) is 8.94. The SMILES string of the molecule is Cc1cc(NC(=O)CCCCl)n(-c2ncnc3c2cnn3-c2cccc(Cl)c2)n1. The lowest BCUT2D eigenvalue weighted by Gasteiger charge is -2.09. The predicted octanol–water partition coefficient (Wildman–Crippen LogP) is 3.92. The summed E-state index contributed by atoms with van der Waals surface area (Å²) in [5, 5.41) is 13.1. The van der Waals surface area contributed by atoms with E-state index in [4.69, 9.17) is 23.2 Å². The van der Waals surface area contributed by atoms with Crippen LogP contribution in [-0.4, -0.2) is 41.3 Å². The smallest absolute Gasteiger partial charge is 0.225 e. The van der Waals surface area contributed by atoms with E-state index in [1.54, 1.807) is 33.8 Å². The molecule has 0 aliphatic rings. The highest BCUT2D eigenvalue weighted by molar-refractivity contribution is 6.30. The quantitative estimate of drug-likeness (QED) is 0.469. The van der Waals surface area contributed by atoms with E-state index in [0.29, 0.717) is 46.4 Å². The Bertz CT molecular complexity index is 1180. The second-order valence-corrected chi connectivity index (χ2v) is 7.21. The lowest BCUT2D eigenvalue weighted by Crippen LogP contribution is -2.15. The fourth-order valence-electron chi connectivity index (χ4n) is 2.98. The van der Waals surface area contributed by atoms with Crippen molar-refractivity contribution in [2.45, 2.75) is 19.8 Å². The Hall–Kier alpha value is -2.97. The maximum absolute atomic E-state index is 12.2. The van der Waals surface area contributed by atoms with E-state index in [1.807, 2.05) is 19.1 Å². The average Bonchev–Trinajstić information content (AvgIpc) is 3.29. The molecule has 1 amide bonds. The molecule has 1 aromatic carbocycles. The minimum absolute atomic E-state index is 0.133. The minimum Gasteiger partial charge on any atom is -0.311 e.